The van der Waals surface area contributed by atoms with Crippen LogP contribution >= 0.6 is 22.6 Å². The van der Waals surface area contributed by atoms with Gasteiger partial charge in [0, 0.05) is 30.6 Å². The normalized spacial score (nSPS) is 25.0. The zero-order valence-electron chi connectivity index (χ0n) is 12.6. The maximum absolute atomic E-state index is 11.7. The van der Waals surface area contributed by atoms with Crippen molar-refractivity contribution in [1.82, 2.24) is 10.2 Å². The van der Waals surface area contributed by atoms with Crippen molar-refractivity contribution in [3.63, 3.8) is 0 Å². The Balaban J connectivity index is 0.000000312. The van der Waals surface area contributed by atoms with Crippen LogP contribution in [0.15, 0.2) is 0 Å². The lowest BCUT2D eigenvalue weighted by Crippen LogP contribution is -2.23. The van der Waals surface area contributed by atoms with E-state index in [9.17, 15) is 8.78 Å². The Hall–Kier alpha value is 0.430. The van der Waals surface area contributed by atoms with Gasteiger partial charge in [0.05, 0.1) is 25.6 Å². The zero-order chi connectivity index (χ0) is 15.9. The smallest absolute Gasteiger partial charge is 0.0906 e. The summed E-state index contributed by atoms with van der Waals surface area (Å²) in [4.78, 5) is 2.10. The molecule has 4 nitrogen and oxygen atoms in total. The summed E-state index contributed by atoms with van der Waals surface area (Å²) in [6, 6.07) is 0. The maximum Gasteiger partial charge on any atom is 0.0906 e. The van der Waals surface area contributed by atoms with E-state index in [1.165, 1.54) is 0 Å². The van der Waals surface area contributed by atoms with Crippen LogP contribution in [0.2, 0.25) is 0 Å². The van der Waals surface area contributed by atoms with Crippen LogP contribution in [0.4, 0.5) is 8.78 Å². The molecule has 2 fully saturated rings. The molecule has 128 valence electrons. The fourth-order valence-corrected chi connectivity index (χ4v) is 2.28. The lowest BCUT2D eigenvalue weighted by Gasteiger charge is -2.12. The second-order valence-electron chi connectivity index (χ2n) is 5.16. The molecule has 2 aliphatic heterocycles. The summed E-state index contributed by atoms with van der Waals surface area (Å²) >= 11 is 2.15. The minimum Gasteiger partial charge on any atom is -0.392 e. The van der Waals surface area contributed by atoms with Crippen molar-refractivity contribution < 1.29 is 19.0 Å². The second-order valence-corrected chi connectivity index (χ2v) is 6.24. The van der Waals surface area contributed by atoms with Crippen molar-refractivity contribution in [2.24, 2.45) is 0 Å². The van der Waals surface area contributed by atoms with E-state index in [0.29, 0.717) is 12.8 Å². The minimum absolute atomic E-state index is 0.0648. The number of aliphatic hydroxyl groups excluding tert-OH is 2. The zero-order valence-corrected chi connectivity index (χ0v) is 14.8. The number of likely N-dealkylation sites (tertiary alicyclic amines) is 1. The van der Waals surface area contributed by atoms with Crippen molar-refractivity contribution in [2.75, 3.05) is 50.5 Å². The lowest BCUT2D eigenvalue weighted by molar-refractivity contribution is 0.175. The first kappa shape index (κ1) is 21.4. The molecule has 0 aromatic carbocycles. The fraction of sp³-hybridized carbons (Fsp3) is 1.00. The predicted molar refractivity (Wildman–Crippen MR) is 90.6 cm³/mol. The SMILES string of the molecule is FCCCI.OC1CCN(CCCF)C1.OC1CCNC1. The van der Waals surface area contributed by atoms with Gasteiger partial charge in [-0.1, -0.05) is 22.6 Å². The summed E-state index contributed by atoms with van der Waals surface area (Å²) in [6.07, 6.45) is 2.86. The van der Waals surface area contributed by atoms with E-state index in [4.69, 9.17) is 10.2 Å². The lowest BCUT2D eigenvalue weighted by atomic mass is 10.3. The molecule has 0 radical (unpaired) electrons. The number of rotatable bonds is 5. The molecular formula is C14H29F2IN2O2. The quantitative estimate of drug-likeness (QED) is 0.465. The van der Waals surface area contributed by atoms with Crippen LogP contribution in [0.1, 0.15) is 25.7 Å². The Kier molecular flexibility index (Phi) is 15.6. The third-order valence-corrected chi connectivity index (χ3v) is 3.92. The molecule has 2 aliphatic rings. The topological polar surface area (TPSA) is 55.7 Å². The van der Waals surface area contributed by atoms with Gasteiger partial charge in [0.15, 0.2) is 0 Å². The standard InChI is InChI=1S/C7H14FNO.C4H9NO.C3H6FI/c8-3-1-4-9-5-2-7(10)6-9;6-4-1-2-5-3-4;4-2-1-3-5/h7,10H,1-6H2;4-6H,1-3H2;1-3H2. The number of hydrogen-bond acceptors (Lipinski definition) is 4. The van der Waals surface area contributed by atoms with Crippen LogP contribution in [-0.2, 0) is 0 Å². The third kappa shape index (κ3) is 13.8. The number of nitrogens with one attached hydrogen (secondary N) is 1. The van der Waals surface area contributed by atoms with Crippen LogP contribution in [0.5, 0.6) is 0 Å². The fourth-order valence-electron chi connectivity index (χ4n) is 1.99. The predicted octanol–water partition coefficient (Wildman–Crippen LogP) is 1.53. The molecular weight excluding hydrogens is 393 g/mol. The molecule has 0 aliphatic carbocycles. The van der Waals surface area contributed by atoms with Crippen molar-refractivity contribution in [3.8, 4) is 0 Å². The molecule has 2 rings (SSSR count). The Labute approximate surface area is 140 Å². The van der Waals surface area contributed by atoms with Gasteiger partial charge in [0.1, 0.15) is 0 Å². The van der Waals surface area contributed by atoms with E-state index in [0.717, 1.165) is 50.0 Å². The highest BCUT2D eigenvalue weighted by molar-refractivity contribution is 14.1. The van der Waals surface area contributed by atoms with E-state index in [1.807, 2.05) is 0 Å². The first-order chi connectivity index (χ1) is 10.1. The Morgan fingerprint density at radius 1 is 1.10 bits per heavy atom. The summed E-state index contributed by atoms with van der Waals surface area (Å²) < 4.78 is 23.6. The maximum atomic E-state index is 11.7. The Bertz CT molecular complexity index is 221. The summed E-state index contributed by atoms with van der Waals surface area (Å²) in [5.41, 5.74) is 0. The summed E-state index contributed by atoms with van der Waals surface area (Å²) in [6.45, 7) is 3.84. The molecule has 0 aromatic rings. The molecule has 21 heavy (non-hydrogen) atoms. The molecule has 0 saturated carbocycles. The van der Waals surface area contributed by atoms with E-state index < -0.39 is 0 Å². The molecule has 3 N–H and O–H groups in total. The monoisotopic (exact) mass is 422 g/mol. The second kappa shape index (κ2) is 15.3. The molecule has 0 spiro atoms. The van der Waals surface area contributed by atoms with E-state index in [-0.39, 0.29) is 25.6 Å². The average molecular weight is 422 g/mol. The summed E-state index contributed by atoms with van der Waals surface area (Å²) in [5, 5.41) is 20.8. The van der Waals surface area contributed by atoms with Gasteiger partial charge in [-0.25, -0.2) is 0 Å². The summed E-state index contributed by atoms with van der Waals surface area (Å²) in [7, 11) is 0. The van der Waals surface area contributed by atoms with E-state index >= 15 is 0 Å². The largest absolute Gasteiger partial charge is 0.392 e. The van der Waals surface area contributed by atoms with Crippen LogP contribution in [0, 0.1) is 0 Å². The van der Waals surface area contributed by atoms with Crippen LogP contribution < -0.4 is 5.32 Å². The summed E-state index contributed by atoms with van der Waals surface area (Å²) in [5.74, 6) is 0. The van der Waals surface area contributed by atoms with Gasteiger partial charge in [0.2, 0.25) is 0 Å². The highest BCUT2D eigenvalue weighted by Gasteiger charge is 2.18. The third-order valence-electron chi connectivity index (χ3n) is 3.16. The van der Waals surface area contributed by atoms with Crippen LogP contribution in [-0.4, -0.2) is 77.8 Å². The molecule has 2 heterocycles. The first-order valence-electron chi connectivity index (χ1n) is 7.61. The van der Waals surface area contributed by atoms with Gasteiger partial charge in [-0.2, -0.15) is 0 Å². The van der Waals surface area contributed by atoms with Gasteiger partial charge in [-0.15, -0.1) is 0 Å². The van der Waals surface area contributed by atoms with Gasteiger partial charge >= 0.3 is 0 Å². The van der Waals surface area contributed by atoms with Gasteiger partial charge < -0.3 is 20.4 Å². The number of hydrogen-bond donors (Lipinski definition) is 3. The van der Waals surface area contributed by atoms with Crippen molar-refractivity contribution in [2.45, 2.75) is 37.9 Å². The number of halogens is 3. The van der Waals surface area contributed by atoms with E-state index in [2.05, 4.69) is 32.8 Å². The van der Waals surface area contributed by atoms with Gasteiger partial charge in [-0.3, -0.25) is 8.78 Å². The molecule has 0 amide bonds. The van der Waals surface area contributed by atoms with Crippen molar-refractivity contribution in [1.29, 1.82) is 0 Å². The molecule has 2 atom stereocenters. The number of alkyl halides is 3. The molecule has 7 heteroatoms. The minimum atomic E-state index is -0.243. The average Bonchev–Trinajstić information content (AvgIpc) is 3.10. The van der Waals surface area contributed by atoms with Crippen LogP contribution in [0.25, 0.3) is 0 Å². The highest BCUT2D eigenvalue weighted by atomic mass is 127. The van der Waals surface area contributed by atoms with Crippen molar-refractivity contribution >= 4 is 22.6 Å². The van der Waals surface area contributed by atoms with Gasteiger partial charge in [0.25, 0.3) is 0 Å². The molecule has 0 bridgehead atoms. The molecule has 0 aromatic heterocycles. The van der Waals surface area contributed by atoms with Crippen molar-refractivity contribution in [3.05, 3.63) is 0 Å². The van der Waals surface area contributed by atoms with Crippen LogP contribution in [0.3, 0.4) is 0 Å². The highest BCUT2D eigenvalue weighted by Crippen LogP contribution is 2.08. The number of aliphatic hydroxyl groups is 2. The molecule has 2 unspecified atom stereocenters. The van der Waals surface area contributed by atoms with Gasteiger partial charge in [-0.05, 0) is 32.2 Å². The number of β-amino-alcohol motifs (C(OH)–C–C–N with tert-alkyl or cyclic N) is 2. The van der Waals surface area contributed by atoms with E-state index in [1.54, 1.807) is 0 Å². The Morgan fingerprint density at radius 2 is 1.81 bits per heavy atom. The first-order valence-corrected chi connectivity index (χ1v) is 9.13. The number of nitrogens with zero attached hydrogens (tertiary/aromatic N) is 1. The molecule has 2 saturated heterocycles. The Morgan fingerprint density at radius 3 is 2.10 bits per heavy atom.